The summed E-state index contributed by atoms with van der Waals surface area (Å²) < 4.78 is 3.99. The Labute approximate surface area is 145 Å². The Morgan fingerprint density at radius 3 is 2.54 bits per heavy atom. The lowest BCUT2D eigenvalue weighted by Crippen LogP contribution is -2.33. The maximum absolute atomic E-state index is 5.70. The summed E-state index contributed by atoms with van der Waals surface area (Å²) >= 11 is 0. The van der Waals surface area contributed by atoms with E-state index < -0.39 is 0 Å². The van der Waals surface area contributed by atoms with Crippen LogP contribution in [-0.4, -0.2) is 20.1 Å². The normalized spacial score (nSPS) is 10.8. The smallest absolute Gasteiger partial charge is 0.326 e. The number of aryl methyl sites for hydroxylation is 1. The quantitative estimate of drug-likeness (QED) is 0.560. The molecule has 0 radical (unpaired) electrons. The van der Waals surface area contributed by atoms with Crippen molar-refractivity contribution in [3.63, 3.8) is 0 Å². The number of benzene rings is 2. The minimum atomic E-state index is 0. The zero-order valence-corrected chi connectivity index (χ0v) is 14.0. The van der Waals surface area contributed by atoms with Crippen LogP contribution in [0.4, 0.5) is 0 Å². The number of hydrogen-bond acceptors (Lipinski definition) is 3. The van der Waals surface area contributed by atoms with Crippen LogP contribution in [0.2, 0.25) is 0 Å². The third kappa shape index (κ3) is 2.55. The van der Waals surface area contributed by atoms with E-state index in [0.717, 1.165) is 33.7 Å². The van der Waals surface area contributed by atoms with Crippen molar-refractivity contribution in [2.75, 3.05) is 0 Å². The molecule has 6 nitrogen and oxygen atoms in total. The molecular formula is C17H18ClN6+. The Hall–Kier alpha value is -2.70. The van der Waals surface area contributed by atoms with Gasteiger partial charge in [-0.05, 0) is 29.8 Å². The predicted octanol–water partition coefficient (Wildman–Crippen LogP) is 2.12. The number of tetrazole rings is 1. The van der Waals surface area contributed by atoms with Gasteiger partial charge in [0.05, 0.1) is 12.6 Å². The zero-order chi connectivity index (χ0) is 15.8. The molecule has 122 valence electrons. The highest BCUT2D eigenvalue weighted by Gasteiger charge is 2.21. The van der Waals surface area contributed by atoms with E-state index in [9.17, 15) is 0 Å². The number of aromatic amines is 1. The minimum absolute atomic E-state index is 0. The number of aromatic nitrogens is 5. The number of fused-ring (bicyclic) bond motifs is 1. The molecule has 0 saturated carbocycles. The van der Waals surface area contributed by atoms with Crippen molar-refractivity contribution in [3.8, 4) is 17.2 Å². The fourth-order valence-electron chi connectivity index (χ4n) is 2.85. The molecule has 0 aliphatic heterocycles. The Morgan fingerprint density at radius 2 is 1.88 bits per heavy atom. The molecule has 4 aromatic rings. The van der Waals surface area contributed by atoms with Crippen LogP contribution in [0.15, 0.2) is 54.6 Å². The van der Waals surface area contributed by atoms with Gasteiger partial charge >= 0.3 is 5.82 Å². The Balaban J connectivity index is 0.00000169. The van der Waals surface area contributed by atoms with Gasteiger partial charge in [-0.2, -0.15) is 4.68 Å². The molecule has 7 heteroatoms. The molecule has 0 atom stereocenters. The SMILES string of the molecule is C[n+]1[nH]nnc1-c1cc2ccccc2n1-c1ccc(CN)cc1.Cl. The van der Waals surface area contributed by atoms with E-state index in [0.29, 0.717) is 6.54 Å². The maximum Gasteiger partial charge on any atom is 0.348 e. The predicted molar refractivity (Wildman–Crippen MR) is 95.0 cm³/mol. The first kappa shape index (κ1) is 16.2. The largest absolute Gasteiger partial charge is 0.348 e. The molecule has 0 fully saturated rings. The molecule has 0 aliphatic rings. The molecule has 0 aliphatic carbocycles. The highest BCUT2D eigenvalue weighted by molar-refractivity contribution is 5.87. The number of nitrogens with zero attached hydrogens (tertiary/aromatic N) is 4. The fraction of sp³-hybridized carbons (Fsp3) is 0.118. The monoisotopic (exact) mass is 341 g/mol. The van der Waals surface area contributed by atoms with Crippen molar-refractivity contribution in [2.24, 2.45) is 12.8 Å². The van der Waals surface area contributed by atoms with Gasteiger partial charge in [0, 0.05) is 17.6 Å². The molecule has 4 rings (SSSR count). The van der Waals surface area contributed by atoms with Gasteiger partial charge in [-0.15, -0.1) is 12.4 Å². The summed E-state index contributed by atoms with van der Waals surface area (Å²) in [7, 11) is 1.90. The van der Waals surface area contributed by atoms with Crippen molar-refractivity contribution >= 4 is 23.3 Å². The van der Waals surface area contributed by atoms with Crippen LogP contribution in [0, 0.1) is 0 Å². The standard InChI is InChI=1S/C17H16N6.ClH/c1-22-17(19-20-21-22)16-10-13-4-2-3-5-15(13)23(16)14-8-6-12(11-18)7-9-14;/h2-10H,11,18H2,1H3;1H/p+1. The van der Waals surface area contributed by atoms with Crippen molar-refractivity contribution in [1.29, 1.82) is 0 Å². The average Bonchev–Trinajstić information content (AvgIpc) is 3.18. The number of hydrogen-bond donors (Lipinski definition) is 2. The van der Waals surface area contributed by atoms with Crippen LogP contribution < -0.4 is 10.4 Å². The lowest BCUT2D eigenvalue weighted by molar-refractivity contribution is -0.721. The van der Waals surface area contributed by atoms with Gasteiger partial charge in [0.25, 0.3) is 0 Å². The van der Waals surface area contributed by atoms with Gasteiger partial charge < -0.3 is 10.3 Å². The molecule has 0 amide bonds. The third-order valence-corrected chi connectivity index (χ3v) is 4.03. The summed E-state index contributed by atoms with van der Waals surface area (Å²) in [5, 5.41) is 12.1. The van der Waals surface area contributed by atoms with Crippen LogP contribution in [0.3, 0.4) is 0 Å². The van der Waals surface area contributed by atoms with E-state index in [2.05, 4.69) is 62.6 Å². The van der Waals surface area contributed by atoms with Crippen molar-refractivity contribution in [1.82, 2.24) is 20.1 Å². The van der Waals surface area contributed by atoms with Gasteiger partial charge in [0.15, 0.2) is 5.21 Å². The number of H-pyrrole nitrogens is 1. The second-order valence-electron chi connectivity index (χ2n) is 5.48. The van der Waals surface area contributed by atoms with Crippen molar-refractivity contribution in [2.45, 2.75) is 6.54 Å². The van der Waals surface area contributed by atoms with Crippen LogP contribution >= 0.6 is 12.4 Å². The van der Waals surface area contributed by atoms with Crippen LogP contribution in [-0.2, 0) is 13.6 Å². The molecule has 24 heavy (non-hydrogen) atoms. The second kappa shape index (κ2) is 6.43. The van der Waals surface area contributed by atoms with Crippen LogP contribution in [0.5, 0.6) is 0 Å². The highest BCUT2D eigenvalue weighted by atomic mass is 35.5. The molecule has 2 aromatic carbocycles. The average molecular weight is 342 g/mol. The van der Waals surface area contributed by atoms with E-state index in [1.807, 2.05) is 19.2 Å². The molecule has 3 N–H and O–H groups in total. The van der Waals surface area contributed by atoms with E-state index in [1.54, 1.807) is 4.68 Å². The number of nitrogens with two attached hydrogens (primary N) is 1. The summed E-state index contributed by atoms with van der Waals surface area (Å²) in [6, 6.07) is 18.7. The fourth-order valence-corrected chi connectivity index (χ4v) is 2.85. The summed E-state index contributed by atoms with van der Waals surface area (Å²) in [6.07, 6.45) is 0. The molecule has 0 unspecified atom stereocenters. The summed E-state index contributed by atoms with van der Waals surface area (Å²) in [5.74, 6) is 0.782. The summed E-state index contributed by atoms with van der Waals surface area (Å²) in [4.78, 5) is 0. The lowest BCUT2D eigenvalue weighted by atomic mass is 10.2. The molecule has 2 aromatic heterocycles. The number of halogens is 1. The Bertz CT molecular complexity index is 970. The number of nitrogens with one attached hydrogen (secondary N) is 1. The molecule has 2 heterocycles. The van der Waals surface area contributed by atoms with E-state index in [1.165, 1.54) is 0 Å². The Morgan fingerprint density at radius 1 is 1.12 bits per heavy atom. The highest BCUT2D eigenvalue weighted by Crippen LogP contribution is 2.29. The Kier molecular flexibility index (Phi) is 4.33. The first-order valence-electron chi connectivity index (χ1n) is 7.45. The molecule has 0 saturated heterocycles. The number of rotatable bonds is 3. The van der Waals surface area contributed by atoms with Crippen LogP contribution in [0.25, 0.3) is 28.1 Å². The van der Waals surface area contributed by atoms with Crippen molar-refractivity contribution in [3.05, 3.63) is 60.2 Å². The second-order valence-corrected chi connectivity index (χ2v) is 5.48. The van der Waals surface area contributed by atoms with Gasteiger partial charge in [-0.25, -0.2) is 0 Å². The third-order valence-electron chi connectivity index (χ3n) is 4.03. The van der Waals surface area contributed by atoms with E-state index in [4.69, 9.17) is 5.73 Å². The lowest BCUT2D eigenvalue weighted by Gasteiger charge is -2.09. The zero-order valence-electron chi connectivity index (χ0n) is 13.2. The summed E-state index contributed by atoms with van der Waals surface area (Å²) in [5.41, 5.74) is 10.0. The van der Waals surface area contributed by atoms with Gasteiger partial charge in [-0.3, -0.25) is 0 Å². The van der Waals surface area contributed by atoms with Gasteiger partial charge in [0.1, 0.15) is 10.8 Å². The minimum Gasteiger partial charge on any atom is -0.326 e. The van der Waals surface area contributed by atoms with E-state index in [-0.39, 0.29) is 12.4 Å². The molecule has 0 bridgehead atoms. The van der Waals surface area contributed by atoms with Gasteiger partial charge in [-0.1, -0.05) is 35.5 Å². The molecular weight excluding hydrogens is 324 g/mol. The van der Waals surface area contributed by atoms with Gasteiger partial charge in [0.2, 0.25) is 0 Å². The summed E-state index contributed by atoms with van der Waals surface area (Å²) in [6.45, 7) is 0.539. The van der Waals surface area contributed by atoms with Crippen molar-refractivity contribution < 1.29 is 4.68 Å². The first-order chi connectivity index (χ1) is 11.3. The maximum atomic E-state index is 5.70. The topological polar surface area (TPSA) is 76.4 Å². The number of para-hydroxylation sites is 1. The first-order valence-corrected chi connectivity index (χ1v) is 7.45. The van der Waals surface area contributed by atoms with Crippen LogP contribution in [0.1, 0.15) is 5.56 Å². The van der Waals surface area contributed by atoms with E-state index >= 15 is 0 Å². The molecule has 0 spiro atoms.